The third-order valence-electron chi connectivity index (χ3n) is 4.57. The molecule has 0 bridgehead atoms. The van der Waals surface area contributed by atoms with E-state index in [1.165, 1.54) is 37.9 Å². The van der Waals surface area contributed by atoms with Gasteiger partial charge in [-0.2, -0.15) is 0 Å². The summed E-state index contributed by atoms with van der Waals surface area (Å²) in [5.41, 5.74) is 2.20. The van der Waals surface area contributed by atoms with Gasteiger partial charge in [0, 0.05) is 24.2 Å². The molecule has 0 aliphatic carbocycles. The Bertz CT molecular complexity index is 813. The molecule has 0 unspecified atom stereocenters. The van der Waals surface area contributed by atoms with Crippen LogP contribution >= 0.6 is 11.3 Å². The van der Waals surface area contributed by atoms with E-state index in [2.05, 4.69) is 44.1 Å². The van der Waals surface area contributed by atoms with E-state index in [0.717, 1.165) is 29.4 Å². The standard InChI is InChI=1S/C19H22N4S/c1-4-10-22(11-5-1)12-13-23-18-9-3-2-8-17(18)21-19(23)20-15-16-7-6-14-24-16/h2-3,6-9,14-15H,1,4-5,10-13H2/b20-15+. The number of piperidine rings is 1. The Morgan fingerprint density at radius 2 is 1.92 bits per heavy atom. The number of benzene rings is 1. The SMILES string of the molecule is C(=N\c1nc2ccccc2n1CCN1CCCCC1)/c1cccs1. The van der Waals surface area contributed by atoms with Gasteiger partial charge in [0.1, 0.15) is 0 Å². The first-order chi connectivity index (χ1) is 11.9. The Morgan fingerprint density at radius 1 is 1.04 bits per heavy atom. The van der Waals surface area contributed by atoms with Crippen molar-refractivity contribution in [1.29, 1.82) is 0 Å². The van der Waals surface area contributed by atoms with E-state index in [4.69, 9.17) is 4.98 Å². The van der Waals surface area contributed by atoms with E-state index < -0.39 is 0 Å². The second kappa shape index (κ2) is 7.28. The van der Waals surface area contributed by atoms with E-state index >= 15 is 0 Å². The number of nitrogens with zero attached hydrogens (tertiary/aromatic N) is 4. The molecule has 0 spiro atoms. The van der Waals surface area contributed by atoms with Crippen molar-refractivity contribution in [1.82, 2.24) is 14.5 Å². The van der Waals surface area contributed by atoms with Crippen LogP contribution in [0.4, 0.5) is 5.95 Å². The van der Waals surface area contributed by atoms with Gasteiger partial charge < -0.3 is 9.47 Å². The molecule has 2 aromatic heterocycles. The third-order valence-corrected chi connectivity index (χ3v) is 5.38. The number of rotatable bonds is 5. The predicted octanol–water partition coefficient (Wildman–Crippen LogP) is 4.33. The molecule has 0 saturated carbocycles. The van der Waals surface area contributed by atoms with Crippen molar-refractivity contribution in [3.05, 3.63) is 46.7 Å². The highest BCUT2D eigenvalue weighted by Crippen LogP contribution is 2.22. The van der Waals surface area contributed by atoms with Crippen LogP contribution in [0.3, 0.4) is 0 Å². The van der Waals surface area contributed by atoms with Gasteiger partial charge in [-0.3, -0.25) is 0 Å². The minimum Gasteiger partial charge on any atom is -0.307 e. The van der Waals surface area contributed by atoms with Crippen LogP contribution in [-0.2, 0) is 6.54 Å². The van der Waals surface area contributed by atoms with Gasteiger partial charge in [-0.05, 0) is 49.5 Å². The van der Waals surface area contributed by atoms with E-state index in [9.17, 15) is 0 Å². The normalized spacial score (nSPS) is 16.3. The molecule has 1 fully saturated rings. The highest BCUT2D eigenvalue weighted by molar-refractivity contribution is 7.11. The molecule has 3 heterocycles. The lowest BCUT2D eigenvalue weighted by Gasteiger charge is -2.26. The molecule has 4 nitrogen and oxygen atoms in total. The summed E-state index contributed by atoms with van der Waals surface area (Å²) in [5, 5.41) is 2.07. The highest BCUT2D eigenvalue weighted by atomic mass is 32.1. The van der Waals surface area contributed by atoms with E-state index in [-0.39, 0.29) is 0 Å². The Morgan fingerprint density at radius 3 is 2.75 bits per heavy atom. The van der Waals surface area contributed by atoms with Crippen LogP contribution in [-0.4, -0.2) is 40.3 Å². The van der Waals surface area contributed by atoms with Crippen molar-refractivity contribution < 1.29 is 0 Å². The van der Waals surface area contributed by atoms with Gasteiger partial charge in [-0.1, -0.05) is 24.6 Å². The zero-order valence-corrected chi connectivity index (χ0v) is 14.6. The number of imidazole rings is 1. The summed E-state index contributed by atoms with van der Waals surface area (Å²) in [4.78, 5) is 13.1. The largest absolute Gasteiger partial charge is 0.307 e. The smallest absolute Gasteiger partial charge is 0.230 e. The number of aromatic nitrogens is 2. The van der Waals surface area contributed by atoms with Gasteiger partial charge in [0.15, 0.2) is 0 Å². The van der Waals surface area contributed by atoms with Crippen LogP contribution in [0.15, 0.2) is 46.8 Å². The lowest BCUT2D eigenvalue weighted by atomic mass is 10.1. The fourth-order valence-corrected chi connectivity index (χ4v) is 3.88. The molecule has 0 radical (unpaired) electrons. The molecule has 0 amide bonds. The second-order valence-corrected chi connectivity index (χ2v) is 7.21. The Balaban J connectivity index is 1.60. The molecule has 3 aromatic rings. The van der Waals surface area contributed by atoms with Crippen molar-refractivity contribution >= 4 is 34.5 Å². The number of hydrogen-bond donors (Lipinski definition) is 0. The second-order valence-electron chi connectivity index (χ2n) is 6.23. The number of aliphatic imine (C=N–C) groups is 1. The van der Waals surface area contributed by atoms with Gasteiger partial charge >= 0.3 is 0 Å². The Labute approximate surface area is 146 Å². The quantitative estimate of drug-likeness (QED) is 0.649. The molecule has 5 heteroatoms. The van der Waals surface area contributed by atoms with Crippen LogP contribution in [0.5, 0.6) is 0 Å². The summed E-state index contributed by atoms with van der Waals surface area (Å²) in [7, 11) is 0. The average Bonchev–Trinajstić information content (AvgIpc) is 3.26. The first-order valence-corrected chi connectivity index (χ1v) is 9.53. The highest BCUT2D eigenvalue weighted by Gasteiger charge is 2.13. The van der Waals surface area contributed by atoms with Crippen molar-refractivity contribution in [3.63, 3.8) is 0 Å². The topological polar surface area (TPSA) is 33.4 Å². The summed E-state index contributed by atoms with van der Waals surface area (Å²) in [6, 6.07) is 12.4. The van der Waals surface area contributed by atoms with Crippen LogP contribution in [0.2, 0.25) is 0 Å². The number of para-hydroxylation sites is 2. The molecule has 1 saturated heterocycles. The third kappa shape index (κ3) is 3.42. The molecular weight excluding hydrogens is 316 g/mol. The summed E-state index contributed by atoms with van der Waals surface area (Å²) in [6.07, 6.45) is 5.95. The summed E-state index contributed by atoms with van der Waals surface area (Å²) in [6.45, 7) is 4.46. The number of thiophene rings is 1. The molecule has 4 rings (SSSR count). The maximum absolute atomic E-state index is 4.73. The lowest BCUT2D eigenvalue weighted by Crippen LogP contribution is -2.32. The molecule has 1 aliphatic heterocycles. The van der Waals surface area contributed by atoms with Crippen molar-refractivity contribution in [2.24, 2.45) is 4.99 Å². The van der Waals surface area contributed by atoms with Gasteiger partial charge in [-0.25, -0.2) is 9.98 Å². The lowest BCUT2D eigenvalue weighted by molar-refractivity contribution is 0.222. The Hall–Kier alpha value is -1.98. The average molecular weight is 338 g/mol. The molecule has 124 valence electrons. The van der Waals surface area contributed by atoms with E-state index in [1.54, 1.807) is 11.3 Å². The first kappa shape index (κ1) is 15.5. The number of fused-ring (bicyclic) bond motifs is 1. The predicted molar refractivity (Wildman–Crippen MR) is 102 cm³/mol. The molecule has 0 atom stereocenters. The Kier molecular flexibility index (Phi) is 4.71. The van der Waals surface area contributed by atoms with E-state index in [0.29, 0.717) is 0 Å². The van der Waals surface area contributed by atoms with Gasteiger partial charge in [0.05, 0.1) is 11.0 Å². The monoisotopic (exact) mass is 338 g/mol. The fourth-order valence-electron chi connectivity index (χ4n) is 3.29. The fraction of sp³-hybridized carbons (Fsp3) is 0.368. The van der Waals surface area contributed by atoms with Gasteiger partial charge in [0.2, 0.25) is 5.95 Å². The molecule has 24 heavy (non-hydrogen) atoms. The maximum atomic E-state index is 4.73. The van der Waals surface area contributed by atoms with Crippen molar-refractivity contribution in [2.75, 3.05) is 19.6 Å². The number of likely N-dealkylation sites (tertiary alicyclic amines) is 1. The van der Waals surface area contributed by atoms with Crippen molar-refractivity contribution in [2.45, 2.75) is 25.8 Å². The zero-order valence-electron chi connectivity index (χ0n) is 13.8. The molecule has 1 aromatic carbocycles. The van der Waals surface area contributed by atoms with Crippen LogP contribution in [0.25, 0.3) is 11.0 Å². The minimum atomic E-state index is 0.807. The van der Waals surface area contributed by atoms with Gasteiger partial charge in [0.25, 0.3) is 0 Å². The molecular formula is C19H22N4S. The van der Waals surface area contributed by atoms with Crippen molar-refractivity contribution in [3.8, 4) is 0 Å². The zero-order chi connectivity index (χ0) is 16.2. The summed E-state index contributed by atoms with van der Waals surface area (Å²) >= 11 is 1.70. The van der Waals surface area contributed by atoms with Gasteiger partial charge in [-0.15, -0.1) is 11.3 Å². The van der Waals surface area contributed by atoms with Crippen LogP contribution in [0.1, 0.15) is 24.1 Å². The maximum Gasteiger partial charge on any atom is 0.230 e. The summed E-state index contributed by atoms with van der Waals surface area (Å²) < 4.78 is 2.26. The first-order valence-electron chi connectivity index (χ1n) is 8.65. The van der Waals surface area contributed by atoms with Crippen LogP contribution < -0.4 is 0 Å². The summed E-state index contributed by atoms with van der Waals surface area (Å²) in [5.74, 6) is 0.807. The van der Waals surface area contributed by atoms with E-state index in [1.807, 2.05) is 18.3 Å². The number of hydrogen-bond acceptors (Lipinski definition) is 4. The molecule has 1 aliphatic rings. The molecule has 0 N–H and O–H groups in total. The minimum absolute atomic E-state index is 0.807. The van der Waals surface area contributed by atoms with Crippen LogP contribution in [0, 0.1) is 0 Å².